The van der Waals surface area contributed by atoms with Crippen molar-refractivity contribution in [2.45, 2.75) is 6.04 Å². The van der Waals surface area contributed by atoms with Crippen LogP contribution in [0.4, 0.5) is 10.1 Å². The molecule has 1 atom stereocenters. The maximum absolute atomic E-state index is 13.6. The zero-order valence-corrected chi connectivity index (χ0v) is 19.5. The first-order valence-corrected chi connectivity index (χ1v) is 10.8. The third-order valence-electron chi connectivity index (χ3n) is 5.46. The van der Waals surface area contributed by atoms with Crippen molar-refractivity contribution in [3.05, 3.63) is 93.2 Å². The molecule has 0 radical (unpaired) electrons. The van der Waals surface area contributed by atoms with E-state index >= 15 is 0 Å². The zero-order valence-electron chi connectivity index (χ0n) is 18.0. The number of aliphatic hydroxyl groups excluding tert-OH is 1. The van der Waals surface area contributed by atoms with E-state index < -0.39 is 29.3 Å². The number of aliphatic hydroxyl groups is 1. The van der Waals surface area contributed by atoms with Gasteiger partial charge >= 0.3 is 0 Å². The van der Waals surface area contributed by atoms with E-state index in [1.165, 1.54) is 55.5 Å². The Morgan fingerprint density at radius 1 is 0.941 bits per heavy atom. The predicted molar refractivity (Wildman–Crippen MR) is 127 cm³/mol. The molecule has 1 aliphatic heterocycles. The molecule has 4 rings (SSSR count). The van der Waals surface area contributed by atoms with Crippen molar-refractivity contribution in [2.75, 3.05) is 19.1 Å². The molecule has 1 aliphatic rings. The maximum Gasteiger partial charge on any atom is 0.300 e. The number of benzene rings is 3. The van der Waals surface area contributed by atoms with Gasteiger partial charge in [0.05, 0.1) is 36.4 Å². The minimum atomic E-state index is -1.02. The second kappa shape index (κ2) is 9.37. The van der Waals surface area contributed by atoms with Crippen LogP contribution in [0.5, 0.6) is 11.5 Å². The molecular weight excluding hydrogens is 484 g/mol. The van der Waals surface area contributed by atoms with E-state index in [9.17, 15) is 19.1 Å². The number of methoxy groups -OCH3 is 2. The molecule has 1 amide bonds. The average molecular weight is 502 g/mol. The Kier molecular flexibility index (Phi) is 6.50. The lowest BCUT2D eigenvalue weighted by Crippen LogP contribution is -2.29. The summed E-state index contributed by atoms with van der Waals surface area (Å²) < 4.78 is 24.1. The normalized spacial score (nSPS) is 17.2. The van der Waals surface area contributed by atoms with Gasteiger partial charge in [-0.15, -0.1) is 0 Å². The van der Waals surface area contributed by atoms with E-state index in [2.05, 4.69) is 0 Å². The Labute approximate surface area is 204 Å². The van der Waals surface area contributed by atoms with Gasteiger partial charge in [-0.25, -0.2) is 4.39 Å². The molecule has 9 heteroatoms. The van der Waals surface area contributed by atoms with Crippen LogP contribution in [-0.4, -0.2) is 31.0 Å². The van der Waals surface area contributed by atoms with Gasteiger partial charge in [-0.05, 0) is 48.0 Å². The van der Waals surface area contributed by atoms with Crippen LogP contribution >= 0.6 is 23.2 Å². The number of halogens is 3. The van der Waals surface area contributed by atoms with E-state index in [0.717, 1.165) is 0 Å². The number of amides is 1. The Morgan fingerprint density at radius 2 is 1.56 bits per heavy atom. The first-order valence-electron chi connectivity index (χ1n) is 10.0. The highest BCUT2D eigenvalue weighted by atomic mass is 35.5. The summed E-state index contributed by atoms with van der Waals surface area (Å²) in [6, 6.07) is 13.5. The van der Waals surface area contributed by atoms with Gasteiger partial charge in [0.1, 0.15) is 23.1 Å². The van der Waals surface area contributed by atoms with Gasteiger partial charge < -0.3 is 14.6 Å². The molecule has 0 aromatic heterocycles. The van der Waals surface area contributed by atoms with Crippen LogP contribution in [0, 0.1) is 5.82 Å². The number of carbonyl (C=O) groups excluding carboxylic acids is 2. The first kappa shape index (κ1) is 23.6. The summed E-state index contributed by atoms with van der Waals surface area (Å²) in [6.45, 7) is 0. The van der Waals surface area contributed by atoms with Crippen LogP contribution < -0.4 is 14.4 Å². The number of anilines is 1. The Hall–Kier alpha value is -3.55. The molecule has 1 fully saturated rings. The molecule has 1 N–H and O–H groups in total. The number of nitrogens with zero attached hydrogens (tertiary/aromatic N) is 1. The van der Waals surface area contributed by atoms with Gasteiger partial charge in [-0.1, -0.05) is 35.3 Å². The summed E-state index contributed by atoms with van der Waals surface area (Å²) in [6.07, 6.45) is 0. The lowest BCUT2D eigenvalue weighted by molar-refractivity contribution is -0.132. The molecule has 1 heterocycles. The van der Waals surface area contributed by atoms with Crippen molar-refractivity contribution in [2.24, 2.45) is 0 Å². The van der Waals surface area contributed by atoms with Crippen LogP contribution in [-0.2, 0) is 9.59 Å². The van der Waals surface area contributed by atoms with E-state index in [1.807, 2.05) is 0 Å². The van der Waals surface area contributed by atoms with Crippen molar-refractivity contribution in [1.82, 2.24) is 0 Å². The highest BCUT2D eigenvalue weighted by molar-refractivity contribution is 6.51. The summed E-state index contributed by atoms with van der Waals surface area (Å²) in [5.41, 5.74) is 0.719. The van der Waals surface area contributed by atoms with Crippen LogP contribution in [0.25, 0.3) is 5.76 Å². The molecule has 34 heavy (non-hydrogen) atoms. The SMILES string of the molecule is COc1cc(/C(O)=C2\C(=O)C(=O)N(c3ccc(F)cc3)C2c2ccc(Cl)cc2)c(OC)cc1Cl. The first-order chi connectivity index (χ1) is 16.3. The van der Waals surface area contributed by atoms with Crippen molar-refractivity contribution in [3.63, 3.8) is 0 Å². The minimum Gasteiger partial charge on any atom is -0.507 e. The fraction of sp³-hybridized carbons (Fsp3) is 0.120. The van der Waals surface area contributed by atoms with Gasteiger partial charge in [0, 0.05) is 16.8 Å². The summed E-state index contributed by atoms with van der Waals surface area (Å²) in [4.78, 5) is 27.6. The highest BCUT2D eigenvalue weighted by Gasteiger charge is 2.47. The van der Waals surface area contributed by atoms with Crippen molar-refractivity contribution in [1.29, 1.82) is 0 Å². The van der Waals surface area contributed by atoms with Gasteiger partial charge in [0.15, 0.2) is 0 Å². The molecule has 0 aliphatic carbocycles. The topological polar surface area (TPSA) is 76.1 Å². The fourth-order valence-electron chi connectivity index (χ4n) is 3.85. The van der Waals surface area contributed by atoms with E-state index in [0.29, 0.717) is 10.6 Å². The second-order valence-corrected chi connectivity index (χ2v) is 8.23. The molecule has 0 saturated carbocycles. The summed E-state index contributed by atoms with van der Waals surface area (Å²) in [7, 11) is 2.78. The molecule has 174 valence electrons. The van der Waals surface area contributed by atoms with E-state index in [-0.39, 0.29) is 33.3 Å². The van der Waals surface area contributed by atoms with E-state index in [1.54, 1.807) is 24.3 Å². The maximum atomic E-state index is 13.6. The molecule has 6 nitrogen and oxygen atoms in total. The Bertz CT molecular complexity index is 1310. The number of hydrogen-bond donors (Lipinski definition) is 1. The largest absolute Gasteiger partial charge is 0.507 e. The van der Waals surface area contributed by atoms with Gasteiger partial charge in [-0.2, -0.15) is 0 Å². The number of rotatable bonds is 5. The fourth-order valence-corrected chi connectivity index (χ4v) is 4.21. The monoisotopic (exact) mass is 501 g/mol. The Morgan fingerprint density at radius 3 is 2.15 bits per heavy atom. The van der Waals surface area contributed by atoms with Gasteiger partial charge in [0.25, 0.3) is 11.7 Å². The van der Waals surface area contributed by atoms with Crippen molar-refractivity contribution < 1.29 is 28.6 Å². The molecular formula is C25H18Cl2FNO5. The summed E-state index contributed by atoms with van der Waals surface area (Å²) >= 11 is 12.2. The standard InChI is InChI=1S/C25H18Cl2FNO5/c1-33-19-12-18(27)20(34-2)11-17(19)23(30)21-22(13-3-5-14(26)6-4-13)29(25(32)24(21)31)16-9-7-15(28)8-10-16/h3-12,22,30H,1-2H3/b23-21+. The third kappa shape index (κ3) is 4.08. The molecule has 1 unspecified atom stereocenters. The van der Waals surface area contributed by atoms with Crippen LogP contribution in [0.3, 0.4) is 0 Å². The number of hydrogen-bond acceptors (Lipinski definition) is 5. The van der Waals surface area contributed by atoms with E-state index in [4.69, 9.17) is 32.7 Å². The zero-order chi connectivity index (χ0) is 24.6. The average Bonchev–Trinajstić information content (AvgIpc) is 3.10. The number of ether oxygens (including phenoxy) is 2. The van der Waals surface area contributed by atoms with Crippen LogP contribution in [0.1, 0.15) is 17.2 Å². The molecule has 3 aromatic carbocycles. The Balaban J connectivity index is 1.99. The molecule has 0 bridgehead atoms. The molecule has 0 spiro atoms. The summed E-state index contributed by atoms with van der Waals surface area (Å²) in [5.74, 6) is -2.37. The lowest BCUT2D eigenvalue weighted by Gasteiger charge is -2.25. The number of carbonyl (C=O) groups is 2. The minimum absolute atomic E-state index is 0.111. The van der Waals surface area contributed by atoms with Gasteiger partial charge in [0.2, 0.25) is 0 Å². The van der Waals surface area contributed by atoms with Crippen molar-refractivity contribution >= 4 is 46.3 Å². The van der Waals surface area contributed by atoms with Gasteiger partial charge in [-0.3, -0.25) is 14.5 Å². The smallest absolute Gasteiger partial charge is 0.300 e. The number of Topliss-reactive ketones (excluding diaryl/α,β-unsaturated/α-hetero) is 1. The summed E-state index contributed by atoms with van der Waals surface area (Å²) in [5, 5.41) is 12.0. The number of ketones is 1. The lowest BCUT2D eigenvalue weighted by atomic mass is 9.94. The quantitative estimate of drug-likeness (QED) is 0.272. The predicted octanol–water partition coefficient (Wildman–Crippen LogP) is 5.78. The van der Waals surface area contributed by atoms with Crippen molar-refractivity contribution in [3.8, 4) is 11.5 Å². The second-order valence-electron chi connectivity index (χ2n) is 7.38. The van der Waals surface area contributed by atoms with Crippen LogP contribution in [0.15, 0.2) is 66.2 Å². The third-order valence-corrected chi connectivity index (χ3v) is 6.01. The highest BCUT2D eigenvalue weighted by Crippen LogP contribution is 2.44. The van der Waals surface area contributed by atoms with Crippen LogP contribution in [0.2, 0.25) is 10.0 Å². The molecule has 1 saturated heterocycles. The molecule has 3 aromatic rings.